The van der Waals surface area contributed by atoms with Crippen LogP contribution in [0, 0.1) is 5.92 Å². The molecule has 194 valence electrons. The number of aromatic nitrogens is 1. The molecule has 1 aliphatic heterocycles. The van der Waals surface area contributed by atoms with Gasteiger partial charge in [0.05, 0.1) is 29.4 Å². The Morgan fingerprint density at radius 3 is 2.67 bits per heavy atom. The Hall–Kier alpha value is -2.48. The normalized spacial score (nSPS) is 17.8. The fraction of sp³-hybridized carbons (Fsp3) is 0.481. The standard InChI is InChI=1S/C27H33Cl2N3O4/c1-27(2,35)17-31-11-10-20(15-31)30-26(34)23(12-18-6-4-3-5-7-18)32-16-21(14-25(32)33)36-24-9-8-19(28)13-22(24)29/h8-11,13-15,18,23,35H,3-7,12,16-17H2,1-2H3,(H,30,34)/t23-/m0/s1. The number of amides is 2. The lowest BCUT2D eigenvalue weighted by molar-refractivity contribution is -0.134. The lowest BCUT2D eigenvalue weighted by Gasteiger charge is -2.31. The summed E-state index contributed by atoms with van der Waals surface area (Å²) in [4.78, 5) is 28.1. The van der Waals surface area contributed by atoms with Crippen LogP contribution in [-0.4, -0.2) is 44.6 Å². The molecular formula is C27H33Cl2N3O4. The maximum atomic E-state index is 13.5. The predicted octanol–water partition coefficient (Wildman–Crippen LogP) is 5.65. The van der Waals surface area contributed by atoms with E-state index in [4.69, 9.17) is 27.9 Å². The Bertz CT molecular complexity index is 1130. The van der Waals surface area contributed by atoms with Crippen molar-refractivity contribution in [2.75, 3.05) is 11.9 Å². The van der Waals surface area contributed by atoms with Crippen LogP contribution in [-0.2, 0) is 16.1 Å². The van der Waals surface area contributed by atoms with E-state index >= 15 is 0 Å². The largest absolute Gasteiger partial charge is 0.458 e. The molecule has 2 aromatic rings. The maximum Gasteiger partial charge on any atom is 0.251 e. The molecule has 0 saturated heterocycles. The Kier molecular flexibility index (Phi) is 8.33. The highest BCUT2D eigenvalue weighted by Crippen LogP contribution is 2.33. The molecule has 0 bridgehead atoms. The van der Waals surface area contributed by atoms with E-state index < -0.39 is 11.6 Å². The van der Waals surface area contributed by atoms with E-state index in [0.717, 1.165) is 25.7 Å². The first kappa shape index (κ1) is 26.6. The molecule has 2 aliphatic rings. The average molecular weight is 534 g/mol. The molecule has 0 radical (unpaired) electrons. The van der Waals surface area contributed by atoms with Gasteiger partial charge in [-0.1, -0.05) is 55.3 Å². The number of ether oxygens (including phenoxy) is 1. The van der Waals surface area contributed by atoms with Crippen LogP contribution in [0.1, 0.15) is 52.4 Å². The first-order valence-corrected chi connectivity index (χ1v) is 13.2. The Balaban J connectivity index is 1.48. The van der Waals surface area contributed by atoms with Crippen LogP contribution in [0.2, 0.25) is 10.0 Å². The molecule has 1 aromatic carbocycles. The number of anilines is 1. The van der Waals surface area contributed by atoms with Crippen LogP contribution in [0.25, 0.3) is 0 Å². The summed E-state index contributed by atoms with van der Waals surface area (Å²) >= 11 is 12.2. The highest BCUT2D eigenvalue weighted by Gasteiger charge is 2.36. The van der Waals surface area contributed by atoms with E-state index in [-0.39, 0.29) is 18.4 Å². The minimum Gasteiger partial charge on any atom is -0.458 e. The summed E-state index contributed by atoms with van der Waals surface area (Å²) in [6, 6.07) is 6.07. The van der Waals surface area contributed by atoms with E-state index in [0.29, 0.717) is 46.1 Å². The molecule has 36 heavy (non-hydrogen) atoms. The third-order valence-corrected chi connectivity index (χ3v) is 7.11. The summed E-state index contributed by atoms with van der Waals surface area (Å²) in [6.45, 7) is 4.04. The van der Waals surface area contributed by atoms with Crippen molar-refractivity contribution in [2.45, 2.75) is 70.6 Å². The average Bonchev–Trinajstić information content (AvgIpc) is 3.39. The molecule has 2 N–H and O–H groups in total. The quantitative estimate of drug-likeness (QED) is 0.436. The molecule has 2 amide bonds. The SMILES string of the molecule is CC(C)(O)Cn1ccc(NC(=O)[C@H](CC2CCCCC2)N2CC(Oc3ccc(Cl)cc3Cl)=CC2=O)c1. The molecular weight excluding hydrogens is 501 g/mol. The number of aliphatic hydroxyl groups is 1. The Labute approximate surface area is 222 Å². The van der Waals surface area contributed by atoms with Gasteiger partial charge in [0.2, 0.25) is 5.91 Å². The molecule has 1 atom stereocenters. The fourth-order valence-electron chi connectivity index (χ4n) is 4.94. The third kappa shape index (κ3) is 7.05. The molecule has 1 aliphatic carbocycles. The fourth-order valence-corrected chi connectivity index (χ4v) is 5.38. The second-order valence-corrected chi connectivity index (χ2v) is 11.2. The van der Waals surface area contributed by atoms with Crippen LogP contribution < -0.4 is 10.1 Å². The van der Waals surface area contributed by atoms with E-state index in [1.165, 1.54) is 12.5 Å². The van der Waals surface area contributed by atoms with Gasteiger partial charge in [-0.3, -0.25) is 9.59 Å². The zero-order valence-electron chi connectivity index (χ0n) is 20.7. The van der Waals surface area contributed by atoms with Gasteiger partial charge in [-0.15, -0.1) is 0 Å². The van der Waals surface area contributed by atoms with Gasteiger partial charge in [-0.05, 0) is 50.5 Å². The van der Waals surface area contributed by atoms with Crippen LogP contribution >= 0.6 is 23.2 Å². The van der Waals surface area contributed by atoms with Crippen molar-refractivity contribution in [3.8, 4) is 5.75 Å². The maximum absolute atomic E-state index is 13.5. The predicted molar refractivity (Wildman–Crippen MR) is 141 cm³/mol. The molecule has 2 heterocycles. The Morgan fingerprint density at radius 1 is 1.22 bits per heavy atom. The zero-order valence-corrected chi connectivity index (χ0v) is 22.2. The van der Waals surface area contributed by atoms with Crippen LogP contribution in [0.5, 0.6) is 5.75 Å². The highest BCUT2D eigenvalue weighted by atomic mass is 35.5. The topological polar surface area (TPSA) is 83.8 Å². The summed E-state index contributed by atoms with van der Waals surface area (Å²) in [5.74, 6) is 0.739. The van der Waals surface area contributed by atoms with E-state index in [2.05, 4.69) is 5.32 Å². The van der Waals surface area contributed by atoms with Gasteiger partial charge in [0.15, 0.2) is 0 Å². The number of rotatable bonds is 9. The van der Waals surface area contributed by atoms with Crippen LogP contribution in [0.4, 0.5) is 5.69 Å². The monoisotopic (exact) mass is 533 g/mol. The number of carbonyl (C=O) groups is 2. The van der Waals surface area contributed by atoms with Gasteiger partial charge in [-0.2, -0.15) is 0 Å². The third-order valence-electron chi connectivity index (χ3n) is 6.58. The highest BCUT2D eigenvalue weighted by molar-refractivity contribution is 6.35. The lowest BCUT2D eigenvalue weighted by atomic mass is 9.84. The van der Waals surface area contributed by atoms with Crippen LogP contribution in [0.15, 0.2) is 48.5 Å². The minimum atomic E-state index is -0.874. The molecule has 7 nitrogen and oxygen atoms in total. The molecule has 0 spiro atoms. The number of hydrogen-bond acceptors (Lipinski definition) is 4. The van der Waals surface area contributed by atoms with E-state index in [9.17, 15) is 14.7 Å². The summed E-state index contributed by atoms with van der Waals surface area (Å²) in [6.07, 6.45) is 11.3. The van der Waals surface area contributed by atoms with Gasteiger partial charge in [-0.25, -0.2) is 0 Å². The van der Waals surface area contributed by atoms with E-state index in [1.807, 2.05) is 10.8 Å². The number of benzene rings is 1. The Morgan fingerprint density at radius 2 is 1.97 bits per heavy atom. The van der Waals surface area contributed by atoms with Gasteiger partial charge in [0.25, 0.3) is 5.91 Å². The van der Waals surface area contributed by atoms with Gasteiger partial charge >= 0.3 is 0 Å². The van der Waals surface area contributed by atoms with Gasteiger partial charge in [0, 0.05) is 23.5 Å². The lowest BCUT2D eigenvalue weighted by Crippen LogP contribution is -2.46. The first-order valence-electron chi connectivity index (χ1n) is 12.4. The van der Waals surface area contributed by atoms with Crippen molar-refractivity contribution < 1.29 is 19.4 Å². The molecule has 1 aromatic heterocycles. The summed E-state index contributed by atoms with van der Waals surface area (Å²) < 4.78 is 7.73. The first-order chi connectivity index (χ1) is 17.1. The van der Waals surface area contributed by atoms with Crippen LogP contribution in [0.3, 0.4) is 0 Å². The summed E-state index contributed by atoms with van der Waals surface area (Å²) in [7, 11) is 0. The summed E-state index contributed by atoms with van der Waals surface area (Å²) in [5, 5.41) is 13.9. The molecule has 9 heteroatoms. The second-order valence-electron chi connectivity index (χ2n) is 10.4. The van der Waals surface area contributed by atoms with Crippen molar-refractivity contribution in [1.29, 1.82) is 0 Å². The number of hydrogen-bond donors (Lipinski definition) is 2. The minimum absolute atomic E-state index is 0.183. The smallest absolute Gasteiger partial charge is 0.251 e. The van der Waals surface area contributed by atoms with Crippen molar-refractivity contribution >= 4 is 40.7 Å². The number of nitrogens with one attached hydrogen (secondary N) is 1. The second kappa shape index (κ2) is 11.3. The van der Waals surface area contributed by atoms with Crippen molar-refractivity contribution in [1.82, 2.24) is 9.47 Å². The van der Waals surface area contributed by atoms with E-state index in [1.54, 1.807) is 49.2 Å². The molecule has 1 saturated carbocycles. The van der Waals surface area contributed by atoms with Gasteiger partial charge < -0.3 is 24.6 Å². The molecule has 1 fully saturated rings. The zero-order chi connectivity index (χ0) is 25.9. The van der Waals surface area contributed by atoms with Gasteiger partial charge in [0.1, 0.15) is 17.6 Å². The number of carbonyl (C=O) groups excluding carboxylic acids is 2. The van der Waals surface area contributed by atoms with Crippen molar-refractivity contribution in [2.24, 2.45) is 5.92 Å². The number of halogens is 2. The molecule has 4 rings (SSSR count). The van der Waals surface area contributed by atoms with Crippen molar-refractivity contribution in [3.63, 3.8) is 0 Å². The summed E-state index contributed by atoms with van der Waals surface area (Å²) in [5.41, 5.74) is -0.247. The number of nitrogens with zero attached hydrogens (tertiary/aromatic N) is 2. The van der Waals surface area contributed by atoms with Crippen molar-refractivity contribution in [3.05, 3.63) is 58.5 Å². The molecule has 0 unspecified atom stereocenters.